The topological polar surface area (TPSA) is 12.9 Å². The van der Waals surface area contributed by atoms with Gasteiger partial charge >= 0.3 is 6.18 Å². The summed E-state index contributed by atoms with van der Waals surface area (Å²) in [6.45, 7) is 0. The maximum absolute atomic E-state index is 12.6. The molecule has 0 unspecified atom stereocenters. The van der Waals surface area contributed by atoms with Crippen LogP contribution in [0.15, 0.2) is 29.6 Å². The average molecular weight is 247 g/mol. The second-order valence-electron chi connectivity index (χ2n) is 3.04. The Morgan fingerprint density at radius 2 is 1.69 bits per heavy atom. The van der Waals surface area contributed by atoms with Crippen LogP contribution < -0.4 is 0 Å². The molecule has 1 nitrogen and oxygen atoms in total. The van der Waals surface area contributed by atoms with Crippen LogP contribution in [-0.2, 0) is 6.18 Å². The van der Waals surface area contributed by atoms with Gasteiger partial charge in [-0.2, -0.15) is 13.2 Å². The fraction of sp³-hybridized carbons (Fsp3) is 0.100. The fourth-order valence-corrected chi connectivity index (χ4v) is 1.96. The van der Waals surface area contributed by atoms with E-state index >= 15 is 0 Å². The third-order valence-electron chi connectivity index (χ3n) is 1.89. The van der Waals surface area contributed by atoms with Gasteiger partial charge in [0.1, 0.15) is 10.8 Å². The van der Waals surface area contributed by atoms with E-state index in [1.165, 1.54) is 24.3 Å². The molecular weight excluding hydrogens is 242 g/mol. The minimum Gasteiger partial charge on any atom is -0.232 e. The smallest absolute Gasteiger partial charge is 0.232 e. The normalized spacial score (nSPS) is 11.8. The highest BCUT2D eigenvalue weighted by molar-refractivity contribution is 7.13. The molecule has 0 amide bonds. The minimum atomic E-state index is -4.44. The predicted octanol–water partition coefficient (Wildman–Crippen LogP) is 3.97. The number of rotatable bonds is 1. The first kappa shape index (κ1) is 11.1. The zero-order chi connectivity index (χ0) is 11.8. The van der Waals surface area contributed by atoms with Crippen LogP contribution in [-0.4, -0.2) is 4.98 Å². The second-order valence-corrected chi connectivity index (χ2v) is 3.90. The minimum absolute atomic E-state index is 0.229. The van der Waals surface area contributed by atoms with E-state index in [-0.39, 0.29) is 5.01 Å². The first-order chi connectivity index (χ1) is 7.47. The maximum Gasteiger partial charge on any atom is 0.434 e. The van der Waals surface area contributed by atoms with Crippen LogP contribution in [0.1, 0.15) is 5.69 Å². The van der Waals surface area contributed by atoms with E-state index in [1.54, 1.807) is 0 Å². The van der Waals surface area contributed by atoms with E-state index in [0.29, 0.717) is 5.56 Å². The first-order valence-electron chi connectivity index (χ1n) is 4.25. The number of halogens is 4. The van der Waals surface area contributed by atoms with Gasteiger partial charge in [-0.1, -0.05) is 0 Å². The van der Waals surface area contributed by atoms with Crippen LogP contribution in [0.4, 0.5) is 17.6 Å². The summed E-state index contributed by atoms with van der Waals surface area (Å²) >= 11 is 0.882. The lowest BCUT2D eigenvalue weighted by Crippen LogP contribution is -2.04. The number of alkyl halides is 3. The molecule has 16 heavy (non-hydrogen) atoms. The number of benzene rings is 1. The Kier molecular flexibility index (Phi) is 2.67. The molecule has 0 spiro atoms. The molecule has 0 saturated carbocycles. The number of hydrogen-bond acceptors (Lipinski definition) is 2. The zero-order valence-corrected chi connectivity index (χ0v) is 8.57. The van der Waals surface area contributed by atoms with Crippen LogP contribution >= 0.6 is 11.3 Å². The quantitative estimate of drug-likeness (QED) is 0.695. The van der Waals surface area contributed by atoms with Gasteiger partial charge in [0.05, 0.1) is 0 Å². The van der Waals surface area contributed by atoms with Crippen molar-refractivity contribution in [3.8, 4) is 10.6 Å². The molecule has 0 bridgehead atoms. The Labute approximate surface area is 92.4 Å². The Morgan fingerprint density at radius 1 is 1.06 bits per heavy atom. The molecule has 6 heteroatoms. The monoisotopic (exact) mass is 247 g/mol. The lowest BCUT2D eigenvalue weighted by atomic mass is 10.2. The molecule has 0 fully saturated rings. The Hall–Kier alpha value is -1.43. The van der Waals surface area contributed by atoms with Gasteiger partial charge in [0.2, 0.25) is 0 Å². The van der Waals surface area contributed by atoms with Gasteiger partial charge in [0.25, 0.3) is 0 Å². The summed E-state index contributed by atoms with van der Waals surface area (Å²) in [5.41, 5.74) is -0.446. The summed E-state index contributed by atoms with van der Waals surface area (Å²) in [6, 6.07) is 5.16. The van der Waals surface area contributed by atoms with E-state index in [4.69, 9.17) is 0 Å². The molecule has 0 aliphatic carbocycles. The Balaban J connectivity index is 2.35. The summed E-state index contributed by atoms with van der Waals surface area (Å²) < 4.78 is 49.4. The molecule has 1 heterocycles. The van der Waals surface area contributed by atoms with Gasteiger partial charge in [-0.3, -0.25) is 0 Å². The summed E-state index contributed by atoms with van der Waals surface area (Å²) in [6.07, 6.45) is -4.44. The maximum atomic E-state index is 12.6. The lowest BCUT2D eigenvalue weighted by molar-refractivity contribution is -0.140. The largest absolute Gasteiger partial charge is 0.434 e. The van der Waals surface area contributed by atoms with E-state index in [1.807, 2.05) is 0 Å². The van der Waals surface area contributed by atoms with E-state index in [0.717, 1.165) is 16.7 Å². The van der Waals surface area contributed by atoms with Gasteiger partial charge in [-0.15, -0.1) is 11.3 Å². The summed E-state index contributed by atoms with van der Waals surface area (Å²) in [4.78, 5) is 3.45. The van der Waals surface area contributed by atoms with Gasteiger partial charge in [0.15, 0.2) is 5.69 Å². The van der Waals surface area contributed by atoms with Crippen molar-refractivity contribution in [2.45, 2.75) is 6.18 Å². The van der Waals surface area contributed by atoms with Gasteiger partial charge in [0, 0.05) is 10.9 Å². The molecule has 1 aromatic heterocycles. The lowest BCUT2D eigenvalue weighted by Gasteiger charge is -2.00. The standard InChI is InChI=1S/C10H5F4NS/c11-7-3-1-6(2-4-7)9-15-8(5-16-9)10(12,13)14/h1-5H. The SMILES string of the molecule is Fc1ccc(-c2nc(C(F)(F)F)cs2)cc1. The van der Waals surface area contributed by atoms with Crippen LogP contribution in [0.2, 0.25) is 0 Å². The molecule has 0 atom stereocenters. The van der Waals surface area contributed by atoms with Crippen molar-refractivity contribution in [2.75, 3.05) is 0 Å². The highest BCUT2D eigenvalue weighted by Gasteiger charge is 2.33. The van der Waals surface area contributed by atoms with Crippen molar-refractivity contribution in [3.05, 3.63) is 41.2 Å². The van der Waals surface area contributed by atoms with Gasteiger partial charge < -0.3 is 0 Å². The molecule has 0 radical (unpaired) electrons. The summed E-state index contributed by atoms with van der Waals surface area (Å²) in [5.74, 6) is -0.434. The van der Waals surface area contributed by atoms with Crippen LogP contribution in [0.3, 0.4) is 0 Å². The average Bonchev–Trinajstić information content (AvgIpc) is 2.67. The summed E-state index contributed by atoms with van der Waals surface area (Å²) in [7, 11) is 0. The fourth-order valence-electron chi connectivity index (χ4n) is 1.13. The Bertz CT molecular complexity index is 486. The van der Waals surface area contributed by atoms with E-state index in [2.05, 4.69) is 4.98 Å². The van der Waals surface area contributed by atoms with Crippen molar-refractivity contribution in [1.82, 2.24) is 4.98 Å². The van der Waals surface area contributed by atoms with Gasteiger partial charge in [-0.05, 0) is 24.3 Å². The number of hydrogen-bond donors (Lipinski definition) is 0. The second kappa shape index (κ2) is 3.86. The summed E-state index contributed by atoms with van der Waals surface area (Å²) in [5, 5.41) is 1.17. The predicted molar refractivity (Wildman–Crippen MR) is 52.5 cm³/mol. The highest BCUT2D eigenvalue weighted by Crippen LogP contribution is 2.33. The molecule has 0 aliphatic heterocycles. The van der Waals surface area contributed by atoms with Crippen LogP contribution in [0.5, 0.6) is 0 Å². The zero-order valence-electron chi connectivity index (χ0n) is 7.75. The third kappa shape index (κ3) is 2.21. The van der Waals surface area contributed by atoms with Crippen molar-refractivity contribution >= 4 is 11.3 Å². The molecule has 2 aromatic rings. The number of aromatic nitrogens is 1. The molecule has 2 rings (SSSR count). The third-order valence-corrected chi connectivity index (χ3v) is 2.78. The van der Waals surface area contributed by atoms with E-state index < -0.39 is 17.7 Å². The number of nitrogens with zero attached hydrogens (tertiary/aromatic N) is 1. The van der Waals surface area contributed by atoms with Crippen molar-refractivity contribution in [2.24, 2.45) is 0 Å². The highest BCUT2D eigenvalue weighted by atomic mass is 32.1. The number of thiazole rings is 1. The van der Waals surface area contributed by atoms with Crippen molar-refractivity contribution < 1.29 is 17.6 Å². The molecule has 1 aromatic carbocycles. The van der Waals surface area contributed by atoms with Gasteiger partial charge in [-0.25, -0.2) is 9.37 Å². The van der Waals surface area contributed by atoms with E-state index in [9.17, 15) is 17.6 Å². The molecule has 0 N–H and O–H groups in total. The molecule has 0 aliphatic rings. The van der Waals surface area contributed by atoms with Crippen molar-refractivity contribution in [3.63, 3.8) is 0 Å². The van der Waals surface area contributed by atoms with Crippen molar-refractivity contribution in [1.29, 1.82) is 0 Å². The first-order valence-corrected chi connectivity index (χ1v) is 5.13. The molecule has 84 valence electrons. The molecule has 0 saturated heterocycles. The Morgan fingerprint density at radius 3 is 2.19 bits per heavy atom. The van der Waals surface area contributed by atoms with Crippen LogP contribution in [0.25, 0.3) is 10.6 Å². The molecular formula is C10H5F4NS. The van der Waals surface area contributed by atoms with Crippen LogP contribution in [0, 0.1) is 5.82 Å².